The maximum atomic E-state index is 11.2. The summed E-state index contributed by atoms with van der Waals surface area (Å²) in [6.45, 7) is 0. The first kappa shape index (κ1) is 9.68. The lowest BCUT2D eigenvalue weighted by Crippen LogP contribution is -2.61. The third-order valence-corrected chi connectivity index (χ3v) is 3.13. The quantitative estimate of drug-likeness (QED) is 0.768. The van der Waals surface area contributed by atoms with Crippen molar-refractivity contribution >= 4 is 21.8 Å². The average Bonchev–Trinajstić information content (AvgIpc) is 2.21. The first-order chi connectivity index (χ1) is 6.61. The number of hydrogen-bond acceptors (Lipinski definition) is 2. The third kappa shape index (κ3) is 1.35. The normalized spacial score (nSPS) is 26.2. The summed E-state index contributed by atoms with van der Waals surface area (Å²) >= 11 is 3.36. The van der Waals surface area contributed by atoms with Gasteiger partial charge in [-0.1, -0.05) is 28.1 Å². The molecule has 1 heterocycles. The molecule has 0 spiro atoms. The second-order valence-corrected chi connectivity index (χ2v) is 4.39. The van der Waals surface area contributed by atoms with Gasteiger partial charge in [-0.15, -0.1) is 0 Å². The van der Waals surface area contributed by atoms with E-state index in [2.05, 4.69) is 15.9 Å². The number of carbonyl (C=O) groups is 1. The minimum absolute atomic E-state index is 0.0120. The zero-order valence-electron chi connectivity index (χ0n) is 7.77. The van der Waals surface area contributed by atoms with Gasteiger partial charge in [-0.2, -0.15) is 0 Å². The van der Waals surface area contributed by atoms with Crippen LogP contribution in [0.15, 0.2) is 28.7 Å². The van der Waals surface area contributed by atoms with E-state index in [-0.39, 0.29) is 18.0 Å². The zero-order valence-corrected chi connectivity index (χ0v) is 9.36. The van der Waals surface area contributed by atoms with Crippen LogP contribution in [-0.4, -0.2) is 23.9 Å². The highest BCUT2D eigenvalue weighted by atomic mass is 79.9. The van der Waals surface area contributed by atoms with Crippen molar-refractivity contribution in [3.8, 4) is 0 Å². The highest BCUT2D eigenvalue weighted by Gasteiger charge is 2.42. The SMILES string of the molecule is CN1C(=O)[C@H](N)[C@H]1c1ccc(Br)cc1. The van der Waals surface area contributed by atoms with E-state index in [1.165, 1.54) is 0 Å². The van der Waals surface area contributed by atoms with Gasteiger partial charge in [-0.3, -0.25) is 4.79 Å². The van der Waals surface area contributed by atoms with Gasteiger partial charge in [0.05, 0.1) is 6.04 Å². The fourth-order valence-corrected chi connectivity index (χ4v) is 2.02. The van der Waals surface area contributed by atoms with Crippen molar-refractivity contribution in [1.82, 2.24) is 4.90 Å². The monoisotopic (exact) mass is 254 g/mol. The molecule has 2 N–H and O–H groups in total. The molecule has 0 radical (unpaired) electrons. The summed E-state index contributed by atoms with van der Waals surface area (Å²) in [7, 11) is 1.78. The summed E-state index contributed by atoms with van der Waals surface area (Å²) in [5.41, 5.74) is 6.81. The Morgan fingerprint density at radius 1 is 1.36 bits per heavy atom. The number of hydrogen-bond donors (Lipinski definition) is 1. The summed E-state index contributed by atoms with van der Waals surface area (Å²) in [5.74, 6) is 0.0120. The fraction of sp³-hybridized carbons (Fsp3) is 0.300. The number of likely N-dealkylation sites (N-methyl/N-ethyl adjacent to an activating group) is 1. The minimum atomic E-state index is -0.374. The number of benzene rings is 1. The number of nitrogens with two attached hydrogens (primary N) is 1. The van der Waals surface area contributed by atoms with Crippen LogP contribution in [0.4, 0.5) is 0 Å². The van der Waals surface area contributed by atoms with Gasteiger partial charge in [0.2, 0.25) is 5.91 Å². The van der Waals surface area contributed by atoms with Gasteiger partial charge in [-0.25, -0.2) is 0 Å². The van der Waals surface area contributed by atoms with Crippen LogP contribution in [0.25, 0.3) is 0 Å². The van der Waals surface area contributed by atoms with Crippen LogP contribution >= 0.6 is 15.9 Å². The van der Waals surface area contributed by atoms with Crippen molar-refractivity contribution in [2.75, 3.05) is 7.05 Å². The summed E-state index contributed by atoms with van der Waals surface area (Å²) in [4.78, 5) is 12.9. The number of nitrogens with zero attached hydrogens (tertiary/aromatic N) is 1. The highest BCUT2D eigenvalue weighted by molar-refractivity contribution is 9.10. The molecule has 1 aromatic carbocycles. The number of likely N-dealkylation sites (tertiary alicyclic amines) is 1. The van der Waals surface area contributed by atoms with E-state index >= 15 is 0 Å². The Hall–Kier alpha value is -0.870. The summed E-state index contributed by atoms with van der Waals surface area (Å²) in [5, 5.41) is 0. The van der Waals surface area contributed by atoms with E-state index in [4.69, 9.17) is 5.73 Å². The van der Waals surface area contributed by atoms with Gasteiger partial charge in [0, 0.05) is 11.5 Å². The topological polar surface area (TPSA) is 46.3 Å². The van der Waals surface area contributed by atoms with Crippen molar-refractivity contribution < 1.29 is 4.79 Å². The lowest BCUT2D eigenvalue weighted by molar-refractivity contribution is -0.147. The molecule has 1 aliphatic heterocycles. The van der Waals surface area contributed by atoms with E-state index in [0.29, 0.717) is 0 Å². The van der Waals surface area contributed by atoms with Crippen LogP contribution in [0.2, 0.25) is 0 Å². The molecule has 0 saturated carbocycles. The van der Waals surface area contributed by atoms with E-state index < -0.39 is 0 Å². The smallest absolute Gasteiger partial charge is 0.242 e. The largest absolute Gasteiger partial charge is 0.335 e. The molecule has 3 nitrogen and oxygen atoms in total. The zero-order chi connectivity index (χ0) is 10.3. The first-order valence-corrected chi connectivity index (χ1v) is 5.18. The molecule has 1 aromatic rings. The van der Waals surface area contributed by atoms with Crippen LogP contribution < -0.4 is 5.73 Å². The molecule has 1 amide bonds. The molecule has 14 heavy (non-hydrogen) atoms. The molecule has 1 saturated heterocycles. The van der Waals surface area contributed by atoms with Crippen molar-refractivity contribution in [2.24, 2.45) is 5.73 Å². The molecular weight excluding hydrogens is 244 g/mol. The standard InChI is InChI=1S/C10H11BrN2O/c1-13-9(8(12)10(13)14)6-2-4-7(11)5-3-6/h2-5,8-9H,12H2,1H3/t8-,9-/m1/s1. The van der Waals surface area contributed by atoms with Crippen molar-refractivity contribution in [3.63, 3.8) is 0 Å². The maximum absolute atomic E-state index is 11.2. The highest BCUT2D eigenvalue weighted by Crippen LogP contribution is 2.32. The van der Waals surface area contributed by atoms with Gasteiger partial charge in [0.15, 0.2) is 0 Å². The molecule has 0 bridgehead atoms. The average molecular weight is 255 g/mol. The molecular formula is C10H11BrN2O. The van der Waals surface area contributed by atoms with E-state index in [1.54, 1.807) is 11.9 Å². The number of rotatable bonds is 1. The summed E-state index contributed by atoms with van der Waals surface area (Å²) in [6.07, 6.45) is 0. The predicted molar refractivity (Wildman–Crippen MR) is 57.6 cm³/mol. The molecule has 0 aromatic heterocycles. The van der Waals surface area contributed by atoms with Gasteiger partial charge in [-0.05, 0) is 17.7 Å². The maximum Gasteiger partial charge on any atom is 0.242 e. The third-order valence-electron chi connectivity index (χ3n) is 2.60. The summed E-state index contributed by atoms with van der Waals surface area (Å²) < 4.78 is 1.03. The lowest BCUT2D eigenvalue weighted by atomic mass is 9.90. The molecule has 0 aliphatic carbocycles. The van der Waals surface area contributed by atoms with Gasteiger partial charge in [0.25, 0.3) is 0 Å². The van der Waals surface area contributed by atoms with E-state index in [0.717, 1.165) is 10.0 Å². The Kier molecular flexibility index (Phi) is 2.33. The molecule has 0 unspecified atom stereocenters. The second kappa shape index (κ2) is 3.37. The molecule has 1 aliphatic rings. The van der Waals surface area contributed by atoms with Crippen LogP contribution in [0, 0.1) is 0 Å². The molecule has 1 fully saturated rings. The van der Waals surface area contributed by atoms with Gasteiger partial charge >= 0.3 is 0 Å². The predicted octanol–water partition coefficient (Wildman–Crippen LogP) is 1.29. The number of amides is 1. The Bertz CT molecular complexity index is 351. The Labute approximate surface area is 91.0 Å². The van der Waals surface area contributed by atoms with Crippen LogP contribution in [-0.2, 0) is 4.79 Å². The fourth-order valence-electron chi connectivity index (χ4n) is 1.76. The minimum Gasteiger partial charge on any atom is -0.335 e. The number of β-lactam (4-membered cyclic amide) rings is 1. The summed E-state index contributed by atoms with van der Waals surface area (Å²) in [6, 6.07) is 7.55. The molecule has 74 valence electrons. The van der Waals surface area contributed by atoms with Crippen molar-refractivity contribution in [3.05, 3.63) is 34.3 Å². The van der Waals surface area contributed by atoms with Crippen LogP contribution in [0.3, 0.4) is 0 Å². The number of carbonyl (C=O) groups excluding carboxylic acids is 1. The molecule has 2 atom stereocenters. The first-order valence-electron chi connectivity index (χ1n) is 4.39. The van der Waals surface area contributed by atoms with Gasteiger partial charge < -0.3 is 10.6 Å². The van der Waals surface area contributed by atoms with Crippen LogP contribution in [0.5, 0.6) is 0 Å². The van der Waals surface area contributed by atoms with E-state index in [1.807, 2.05) is 24.3 Å². The Morgan fingerprint density at radius 2 is 1.93 bits per heavy atom. The van der Waals surface area contributed by atoms with Crippen molar-refractivity contribution in [2.45, 2.75) is 12.1 Å². The Balaban J connectivity index is 2.24. The number of halogens is 1. The van der Waals surface area contributed by atoms with Crippen LogP contribution in [0.1, 0.15) is 11.6 Å². The lowest BCUT2D eigenvalue weighted by Gasteiger charge is -2.43. The molecule has 2 rings (SSSR count). The Morgan fingerprint density at radius 3 is 2.43 bits per heavy atom. The second-order valence-electron chi connectivity index (χ2n) is 3.47. The van der Waals surface area contributed by atoms with Crippen molar-refractivity contribution in [1.29, 1.82) is 0 Å². The van der Waals surface area contributed by atoms with Gasteiger partial charge in [0.1, 0.15) is 6.04 Å². The van der Waals surface area contributed by atoms with E-state index in [9.17, 15) is 4.79 Å². The molecule has 4 heteroatoms.